The second-order valence-corrected chi connectivity index (χ2v) is 7.32. The van der Waals surface area contributed by atoms with Gasteiger partial charge in [-0.15, -0.1) is 0 Å². The molecule has 1 aliphatic heterocycles. The molecule has 3 heterocycles. The van der Waals surface area contributed by atoms with Crippen molar-refractivity contribution in [2.75, 3.05) is 54.9 Å². The van der Waals surface area contributed by atoms with Gasteiger partial charge in [0.05, 0.1) is 11.9 Å². The molecule has 0 spiro atoms. The number of carbonyl (C=O) groups excluding carboxylic acids is 1. The summed E-state index contributed by atoms with van der Waals surface area (Å²) in [6.45, 7) is 4.91. The number of nitrogens with zero attached hydrogens (tertiary/aromatic N) is 4. The molecule has 2 aromatic heterocycles. The molecule has 1 amide bonds. The molecular formula is C20H26N6O. The molecular weight excluding hydrogens is 340 g/mol. The van der Waals surface area contributed by atoms with E-state index >= 15 is 0 Å². The third-order valence-corrected chi connectivity index (χ3v) is 5.10. The smallest absolute Gasteiger partial charge is 0.257 e. The highest BCUT2D eigenvalue weighted by molar-refractivity contribution is 6.04. The SMILES string of the molecule is CN(CC1CC1)c1cc(C(=O)Nc2ccc(N3CCNCC3)cn2)ccn1. The Balaban J connectivity index is 1.39. The Labute approximate surface area is 159 Å². The highest BCUT2D eigenvalue weighted by atomic mass is 16.1. The lowest BCUT2D eigenvalue weighted by Crippen LogP contribution is -2.43. The van der Waals surface area contributed by atoms with Gasteiger partial charge >= 0.3 is 0 Å². The second kappa shape index (κ2) is 7.92. The number of nitrogens with one attached hydrogen (secondary N) is 2. The van der Waals surface area contributed by atoms with E-state index in [9.17, 15) is 4.79 Å². The van der Waals surface area contributed by atoms with Crippen molar-refractivity contribution in [3.05, 3.63) is 42.2 Å². The van der Waals surface area contributed by atoms with E-state index < -0.39 is 0 Å². The Bertz CT molecular complexity index is 783. The van der Waals surface area contributed by atoms with Gasteiger partial charge in [0.25, 0.3) is 5.91 Å². The van der Waals surface area contributed by atoms with Crippen LogP contribution in [0.25, 0.3) is 0 Å². The van der Waals surface area contributed by atoms with Crippen molar-refractivity contribution in [1.29, 1.82) is 0 Å². The predicted molar refractivity (Wildman–Crippen MR) is 108 cm³/mol. The Morgan fingerprint density at radius 2 is 2.07 bits per heavy atom. The minimum Gasteiger partial charge on any atom is -0.368 e. The molecule has 0 radical (unpaired) electrons. The molecule has 1 saturated heterocycles. The van der Waals surface area contributed by atoms with Gasteiger partial charge in [-0.3, -0.25) is 4.79 Å². The summed E-state index contributed by atoms with van der Waals surface area (Å²) in [7, 11) is 2.03. The third kappa shape index (κ3) is 4.54. The average molecular weight is 366 g/mol. The lowest BCUT2D eigenvalue weighted by molar-refractivity contribution is 0.102. The van der Waals surface area contributed by atoms with Crippen LogP contribution in [0.5, 0.6) is 0 Å². The van der Waals surface area contributed by atoms with Crippen molar-refractivity contribution in [3.8, 4) is 0 Å². The number of carbonyl (C=O) groups is 1. The molecule has 2 aromatic rings. The van der Waals surface area contributed by atoms with Crippen LogP contribution in [0.2, 0.25) is 0 Å². The second-order valence-electron chi connectivity index (χ2n) is 7.32. The van der Waals surface area contributed by atoms with Crippen molar-refractivity contribution in [2.45, 2.75) is 12.8 Å². The number of aromatic nitrogens is 2. The minimum absolute atomic E-state index is 0.166. The van der Waals surface area contributed by atoms with Crippen LogP contribution in [-0.2, 0) is 0 Å². The number of hydrogen-bond donors (Lipinski definition) is 2. The fraction of sp³-hybridized carbons (Fsp3) is 0.450. The number of hydrogen-bond acceptors (Lipinski definition) is 6. The molecule has 2 N–H and O–H groups in total. The Morgan fingerprint density at radius 1 is 1.26 bits per heavy atom. The number of piperazine rings is 1. The number of anilines is 3. The van der Waals surface area contributed by atoms with E-state index in [1.54, 1.807) is 12.3 Å². The third-order valence-electron chi connectivity index (χ3n) is 5.10. The molecule has 0 aromatic carbocycles. The van der Waals surface area contributed by atoms with Gasteiger partial charge in [-0.05, 0) is 43.0 Å². The van der Waals surface area contributed by atoms with E-state index in [0.29, 0.717) is 11.4 Å². The van der Waals surface area contributed by atoms with Crippen LogP contribution in [0.1, 0.15) is 23.2 Å². The molecule has 1 saturated carbocycles. The summed E-state index contributed by atoms with van der Waals surface area (Å²) in [4.78, 5) is 25.8. The van der Waals surface area contributed by atoms with Gasteiger partial charge in [-0.1, -0.05) is 0 Å². The van der Waals surface area contributed by atoms with Gasteiger partial charge in [0, 0.05) is 51.5 Å². The first-order valence-electron chi connectivity index (χ1n) is 9.59. The zero-order valence-corrected chi connectivity index (χ0v) is 15.7. The summed E-state index contributed by atoms with van der Waals surface area (Å²) in [5.41, 5.74) is 1.68. The Hall–Kier alpha value is -2.67. The largest absolute Gasteiger partial charge is 0.368 e. The number of rotatable bonds is 6. The van der Waals surface area contributed by atoms with E-state index in [1.165, 1.54) is 12.8 Å². The van der Waals surface area contributed by atoms with E-state index in [4.69, 9.17) is 0 Å². The maximum absolute atomic E-state index is 12.6. The Kier molecular flexibility index (Phi) is 5.20. The summed E-state index contributed by atoms with van der Waals surface area (Å²) in [6.07, 6.45) is 6.09. The van der Waals surface area contributed by atoms with Gasteiger partial charge < -0.3 is 20.4 Å². The molecule has 27 heavy (non-hydrogen) atoms. The van der Waals surface area contributed by atoms with Gasteiger partial charge in [-0.2, -0.15) is 0 Å². The standard InChI is InChI=1S/C20H26N6O/c1-25(14-15-2-3-15)19-12-16(6-7-22-19)20(27)24-18-5-4-17(13-23-18)26-10-8-21-9-11-26/h4-7,12-13,15,21H,2-3,8-11,14H2,1H3,(H,23,24,27). The minimum atomic E-state index is -0.166. The lowest BCUT2D eigenvalue weighted by Gasteiger charge is -2.29. The maximum atomic E-state index is 12.6. The van der Waals surface area contributed by atoms with Crippen LogP contribution < -0.4 is 20.4 Å². The summed E-state index contributed by atoms with van der Waals surface area (Å²) < 4.78 is 0. The zero-order chi connectivity index (χ0) is 18.6. The highest BCUT2D eigenvalue weighted by Gasteiger charge is 2.23. The van der Waals surface area contributed by atoms with Crippen LogP contribution in [0, 0.1) is 5.92 Å². The molecule has 0 unspecified atom stereocenters. The first-order valence-corrected chi connectivity index (χ1v) is 9.59. The first kappa shape index (κ1) is 17.7. The van der Waals surface area contributed by atoms with E-state index in [-0.39, 0.29) is 5.91 Å². The first-order chi connectivity index (χ1) is 13.2. The van der Waals surface area contributed by atoms with Crippen LogP contribution in [0.4, 0.5) is 17.3 Å². The van der Waals surface area contributed by atoms with E-state index in [0.717, 1.165) is 50.1 Å². The molecule has 142 valence electrons. The van der Waals surface area contributed by atoms with Gasteiger partial charge in [0.2, 0.25) is 0 Å². The van der Waals surface area contributed by atoms with Crippen LogP contribution >= 0.6 is 0 Å². The van der Waals surface area contributed by atoms with E-state index in [2.05, 4.69) is 30.4 Å². The van der Waals surface area contributed by atoms with Gasteiger partial charge in [0.1, 0.15) is 11.6 Å². The molecule has 2 fully saturated rings. The lowest BCUT2D eigenvalue weighted by atomic mass is 10.2. The average Bonchev–Trinajstić information content (AvgIpc) is 3.53. The normalized spacial score (nSPS) is 16.9. The zero-order valence-electron chi connectivity index (χ0n) is 15.7. The summed E-state index contributed by atoms with van der Waals surface area (Å²) in [6, 6.07) is 7.44. The van der Waals surface area contributed by atoms with Crippen LogP contribution in [0.15, 0.2) is 36.7 Å². The molecule has 7 nitrogen and oxygen atoms in total. The summed E-state index contributed by atoms with van der Waals surface area (Å²) >= 11 is 0. The fourth-order valence-corrected chi connectivity index (χ4v) is 3.31. The molecule has 0 bridgehead atoms. The van der Waals surface area contributed by atoms with Crippen molar-refractivity contribution in [3.63, 3.8) is 0 Å². The summed E-state index contributed by atoms with van der Waals surface area (Å²) in [5.74, 6) is 1.99. The van der Waals surface area contributed by atoms with Crippen LogP contribution in [0.3, 0.4) is 0 Å². The van der Waals surface area contributed by atoms with Gasteiger partial charge in [0.15, 0.2) is 0 Å². The topological polar surface area (TPSA) is 73.4 Å². The fourth-order valence-electron chi connectivity index (χ4n) is 3.31. The Morgan fingerprint density at radius 3 is 2.78 bits per heavy atom. The van der Waals surface area contributed by atoms with Crippen molar-refractivity contribution in [1.82, 2.24) is 15.3 Å². The maximum Gasteiger partial charge on any atom is 0.257 e. The predicted octanol–water partition coefficient (Wildman–Crippen LogP) is 1.98. The molecule has 4 rings (SSSR count). The van der Waals surface area contributed by atoms with Crippen molar-refractivity contribution < 1.29 is 4.79 Å². The van der Waals surface area contributed by atoms with Crippen molar-refractivity contribution >= 4 is 23.2 Å². The van der Waals surface area contributed by atoms with Crippen molar-refractivity contribution in [2.24, 2.45) is 5.92 Å². The molecule has 1 aliphatic carbocycles. The van der Waals surface area contributed by atoms with Gasteiger partial charge in [-0.25, -0.2) is 9.97 Å². The molecule has 2 aliphatic rings. The number of amides is 1. The highest BCUT2D eigenvalue weighted by Crippen LogP contribution is 2.30. The monoisotopic (exact) mass is 366 g/mol. The quantitative estimate of drug-likeness (QED) is 0.815. The van der Waals surface area contributed by atoms with Crippen LogP contribution in [-0.4, -0.2) is 55.6 Å². The molecule has 0 atom stereocenters. The van der Waals surface area contributed by atoms with E-state index in [1.807, 2.05) is 31.4 Å². The number of pyridine rings is 2. The summed E-state index contributed by atoms with van der Waals surface area (Å²) in [5, 5.41) is 6.22. The molecule has 7 heteroatoms.